The number of hydrogen-bond donors (Lipinski definition) is 2. The van der Waals surface area contributed by atoms with Crippen LogP contribution < -0.4 is 4.90 Å². The Morgan fingerprint density at radius 1 is 1.13 bits per heavy atom. The number of nitrogens with one attached hydrogen (secondary N) is 1. The number of hydrogen-bond acceptors (Lipinski definition) is 5. The van der Waals surface area contributed by atoms with Gasteiger partial charge in [0.2, 0.25) is 0 Å². The summed E-state index contributed by atoms with van der Waals surface area (Å²) in [4.78, 5) is 14.0. The fourth-order valence-electron chi connectivity index (χ4n) is 3.45. The maximum absolute atomic E-state index is 10.9. The van der Waals surface area contributed by atoms with Crippen LogP contribution in [0.1, 0.15) is 16.8 Å². The first-order chi connectivity index (χ1) is 15.0. The summed E-state index contributed by atoms with van der Waals surface area (Å²) < 4.78 is 5.19. The monoisotopic (exact) mass is 430 g/mol. The van der Waals surface area contributed by atoms with Gasteiger partial charge in [-0.15, -0.1) is 0 Å². The molecule has 0 bridgehead atoms. The summed E-state index contributed by atoms with van der Waals surface area (Å²) in [6.45, 7) is 1.92. The van der Waals surface area contributed by atoms with E-state index >= 15 is 0 Å². The van der Waals surface area contributed by atoms with E-state index in [4.69, 9.17) is 21.9 Å². The second-order valence-electron chi connectivity index (χ2n) is 7.09. The lowest BCUT2D eigenvalue weighted by Crippen LogP contribution is -2.25. The molecule has 4 aromatic rings. The zero-order valence-electron chi connectivity index (χ0n) is 17.5. The predicted molar refractivity (Wildman–Crippen MR) is 129 cm³/mol. The van der Waals surface area contributed by atoms with Crippen LogP contribution in [-0.4, -0.2) is 40.1 Å². The van der Waals surface area contributed by atoms with E-state index in [1.165, 1.54) is 0 Å². The number of aromatic nitrogens is 2. The van der Waals surface area contributed by atoms with E-state index in [1.807, 2.05) is 74.6 Å². The highest BCUT2D eigenvalue weighted by Crippen LogP contribution is 2.34. The summed E-state index contributed by atoms with van der Waals surface area (Å²) in [5.41, 5.74) is 5.43. The molecule has 0 saturated heterocycles. The molecular formula is C24H22N4O2S. The summed E-state index contributed by atoms with van der Waals surface area (Å²) in [5, 5.41) is 12.1. The standard InChI is InChI=1S/C24H22N4O2S/c1-15-13-17(11-12-25-15)26-22(16-7-5-4-6-8-16)21-19-14-18(28(2)24(31)30-3)9-10-20(19)27-23(21)29/h4-14,27,29H,1-3H3. The molecule has 0 aliphatic rings. The van der Waals surface area contributed by atoms with E-state index in [0.29, 0.717) is 16.4 Å². The number of aromatic amines is 1. The largest absolute Gasteiger partial charge is 0.494 e. The van der Waals surface area contributed by atoms with Gasteiger partial charge < -0.3 is 19.7 Å². The van der Waals surface area contributed by atoms with E-state index < -0.39 is 0 Å². The quantitative estimate of drug-likeness (QED) is 0.348. The summed E-state index contributed by atoms with van der Waals surface area (Å²) in [5.74, 6) is 0.0532. The second kappa shape index (κ2) is 8.57. The molecule has 0 unspecified atom stereocenters. The summed E-state index contributed by atoms with van der Waals surface area (Å²) in [6.07, 6.45) is 1.73. The van der Waals surface area contributed by atoms with Crippen LogP contribution in [0.4, 0.5) is 11.4 Å². The minimum absolute atomic E-state index is 0.0532. The molecule has 0 fully saturated rings. The molecule has 0 aliphatic carbocycles. The number of anilines is 1. The number of nitrogens with zero attached hydrogens (tertiary/aromatic N) is 3. The van der Waals surface area contributed by atoms with E-state index in [1.54, 1.807) is 18.2 Å². The van der Waals surface area contributed by atoms with Crippen molar-refractivity contribution >= 4 is 45.4 Å². The third kappa shape index (κ3) is 4.13. The molecule has 6 nitrogen and oxygen atoms in total. The van der Waals surface area contributed by atoms with Crippen molar-refractivity contribution in [3.63, 3.8) is 0 Å². The number of benzene rings is 2. The van der Waals surface area contributed by atoms with Crippen LogP contribution in [0.25, 0.3) is 10.9 Å². The SMILES string of the molecule is COC(=S)N(C)c1ccc2[nH]c(O)c(C(=Nc3ccnc(C)c3)c3ccccc3)c2c1. The van der Waals surface area contributed by atoms with Crippen molar-refractivity contribution in [2.75, 3.05) is 19.1 Å². The number of H-pyrrole nitrogens is 1. The van der Waals surface area contributed by atoms with Gasteiger partial charge in [0.05, 0.1) is 24.1 Å². The minimum Gasteiger partial charge on any atom is -0.494 e. The van der Waals surface area contributed by atoms with Crippen LogP contribution in [-0.2, 0) is 4.74 Å². The smallest absolute Gasteiger partial charge is 0.263 e. The van der Waals surface area contributed by atoms with Gasteiger partial charge in [0, 0.05) is 41.1 Å². The first kappa shape index (κ1) is 20.6. The Labute approximate surface area is 185 Å². The lowest BCUT2D eigenvalue weighted by atomic mass is 10.0. The van der Waals surface area contributed by atoms with Crippen LogP contribution in [0.3, 0.4) is 0 Å². The van der Waals surface area contributed by atoms with Crippen molar-refractivity contribution in [3.05, 3.63) is 83.7 Å². The third-order valence-corrected chi connectivity index (χ3v) is 5.44. The highest BCUT2D eigenvalue weighted by molar-refractivity contribution is 7.80. The van der Waals surface area contributed by atoms with Crippen molar-refractivity contribution in [2.24, 2.45) is 4.99 Å². The molecule has 31 heavy (non-hydrogen) atoms. The van der Waals surface area contributed by atoms with E-state index in [-0.39, 0.29) is 5.88 Å². The number of ether oxygens (including phenoxy) is 1. The van der Waals surface area contributed by atoms with Gasteiger partial charge in [-0.05, 0) is 49.5 Å². The van der Waals surface area contributed by atoms with Gasteiger partial charge in [-0.2, -0.15) is 0 Å². The Morgan fingerprint density at radius 3 is 2.61 bits per heavy atom. The highest BCUT2D eigenvalue weighted by atomic mass is 32.1. The summed E-state index contributed by atoms with van der Waals surface area (Å²) in [6, 6.07) is 19.3. The Balaban J connectivity index is 1.95. The predicted octanol–water partition coefficient (Wildman–Crippen LogP) is 5.11. The maximum Gasteiger partial charge on any atom is 0.263 e. The molecule has 0 amide bonds. The number of thiocarbonyl (C=S) groups is 1. The molecule has 0 atom stereocenters. The van der Waals surface area contributed by atoms with Crippen LogP contribution >= 0.6 is 12.2 Å². The number of fused-ring (bicyclic) bond motifs is 1. The minimum atomic E-state index is 0.0532. The summed E-state index contributed by atoms with van der Waals surface area (Å²) >= 11 is 5.26. The van der Waals surface area contributed by atoms with E-state index in [0.717, 1.165) is 33.5 Å². The number of aliphatic imine (C=N–C) groups is 1. The first-order valence-corrected chi connectivity index (χ1v) is 10.1. The molecule has 0 spiro atoms. The van der Waals surface area contributed by atoms with Gasteiger partial charge in [-0.3, -0.25) is 4.98 Å². The Bertz CT molecular complexity index is 1280. The van der Waals surface area contributed by atoms with Gasteiger partial charge in [0.1, 0.15) is 0 Å². The zero-order chi connectivity index (χ0) is 22.0. The number of aryl methyl sites for hydroxylation is 1. The maximum atomic E-state index is 10.9. The fraction of sp³-hybridized carbons (Fsp3) is 0.125. The van der Waals surface area contributed by atoms with E-state index in [2.05, 4.69) is 9.97 Å². The van der Waals surface area contributed by atoms with Crippen LogP contribution in [0, 0.1) is 6.92 Å². The average Bonchev–Trinajstić information content (AvgIpc) is 3.11. The van der Waals surface area contributed by atoms with Crippen LogP contribution in [0.5, 0.6) is 5.88 Å². The van der Waals surface area contributed by atoms with Crippen molar-refractivity contribution in [1.29, 1.82) is 0 Å². The first-order valence-electron chi connectivity index (χ1n) is 9.71. The van der Waals surface area contributed by atoms with E-state index in [9.17, 15) is 5.11 Å². The van der Waals surface area contributed by atoms with Crippen molar-refractivity contribution in [3.8, 4) is 5.88 Å². The molecule has 2 aromatic heterocycles. The number of pyridine rings is 1. The molecule has 0 radical (unpaired) electrons. The number of aromatic hydroxyl groups is 1. The van der Waals surface area contributed by atoms with Gasteiger partial charge in [0.15, 0.2) is 5.88 Å². The highest BCUT2D eigenvalue weighted by Gasteiger charge is 2.20. The van der Waals surface area contributed by atoms with Crippen molar-refractivity contribution < 1.29 is 9.84 Å². The lowest BCUT2D eigenvalue weighted by Gasteiger charge is -2.18. The van der Waals surface area contributed by atoms with Gasteiger partial charge in [-0.1, -0.05) is 30.3 Å². The second-order valence-corrected chi connectivity index (χ2v) is 7.44. The molecule has 156 valence electrons. The van der Waals surface area contributed by atoms with Gasteiger partial charge in [0.25, 0.3) is 5.17 Å². The fourth-order valence-corrected chi connectivity index (χ4v) is 3.55. The number of methoxy groups -OCH3 is 1. The molecule has 0 saturated carbocycles. The van der Waals surface area contributed by atoms with Crippen molar-refractivity contribution in [2.45, 2.75) is 6.92 Å². The molecule has 7 heteroatoms. The Kier molecular flexibility index (Phi) is 5.68. The van der Waals surface area contributed by atoms with Gasteiger partial charge in [-0.25, -0.2) is 4.99 Å². The Hall–Kier alpha value is -3.71. The van der Waals surface area contributed by atoms with Crippen LogP contribution in [0.2, 0.25) is 0 Å². The average molecular weight is 431 g/mol. The molecular weight excluding hydrogens is 408 g/mol. The Morgan fingerprint density at radius 2 is 1.90 bits per heavy atom. The topological polar surface area (TPSA) is 73.7 Å². The molecule has 0 aliphatic heterocycles. The third-order valence-electron chi connectivity index (χ3n) is 5.00. The number of rotatable bonds is 4. The summed E-state index contributed by atoms with van der Waals surface area (Å²) in [7, 11) is 3.38. The molecule has 4 rings (SSSR count). The van der Waals surface area contributed by atoms with Crippen LogP contribution in [0.15, 0.2) is 71.9 Å². The normalized spacial score (nSPS) is 11.5. The molecule has 2 aromatic carbocycles. The zero-order valence-corrected chi connectivity index (χ0v) is 18.3. The molecule has 2 heterocycles. The lowest BCUT2D eigenvalue weighted by molar-refractivity contribution is 0.405. The van der Waals surface area contributed by atoms with Gasteiger partial charge >= 0.3 is 0 Å². The van der Waals surface area contributed by atoms with Crippen molar-refractivity contribution in [1.82, 2.24) is 9.97 Å². The molecule has 2 N–H and O–H groups in total.